The minimum absolute atomic E-state index is 0.523. The summed E-state index contributed by atoms with van der Waals surface area (Å²) in [6, 6.07) is 103. The van der Waals surface area contributed by atoms with Crippen LogP contribution in [0.4, 0.5) is 17.1 Å². The van der Waals surface area contributed by atoms with Gasteiger partial charge in [-0.15, -0.1) is 0 Å². The lowest BCUT2D eigenvalue weighted by Gasteiger charge is -2.35. The van der Waals surface area contributed by atoms with E-state index in [4.69, 9.17) is 0 Å². The molecule has 1 aliphatic carbocycles. The SMILES string of the molecule is c1ccc(C2(c3ccccc3)c3ccccc3-c3ccc(N(c4cccc(-c5cccc(-c6ccc7c(c6)c6ccccc6n7-c6cccc7ccccc67)c5)c4)c4cccc5ccccc45)cc32)cc1. The molecular weight excluding hydrogens is 857 g/mol. The number of benzene rings is 12. The molecule has 14 rings (SSSR count). The van der Waals surface area contributed by atoms with Gasteiger partial charge in [0.05, 0.1) is 27.8 Å². The summed E-state index contributed by atoms with van der Waals surface area (Å²) in [7, 11) is 0. The van der Waals surface area contributed by atoms with Gasteiger partial charge in [-0.3, -0.25) is 0 Å². The number of hydrogen-bond acceptors (Lipinski definition) is 1. The van der Waals surface area contributed by atoms with Crippen LogP contribution in [0.15, 0.2) is 279 Å². The first-order valence-electron chi connectivity index (χ1n) is 24.6. The van der Waals surface area contributed by atoms with Gasteiger partial charge in [0, 0.05) is 32.9 Å². The molecule has 1 aromatic heterocycles. The average Bonchev–Trinajstić information content (AvgIpc) is 3.94. The molecule has 0 aliphatic heterocycles. The van der Waals surface area contributed by atoms with Crippen molar-refractivity contribution in [2.45, 2.75) is 5.41 Å². The Hall–Kier alpha value is -9.24. The fourth-order valence-corrected chi connectivity index (χ4v) is 11.9. The highest BCUT2D eigenvalue weighted by Gasteiger charge is 2.46. The molecule has 1 heterocycles. The molecule has 0 unspecified atom stereocenters. The molecule has 71 heavy (non-hydrogen) atoms. The third-order valence-electron chi connectivity index (χ3n) is 15.0. The molecule has 0 bridgehead atoms. The molecule has 0 fully saturated rings. The molecule has 0 saturated carbocycles. The Kier molecular flexibility index (Phi) is 9.47. The van der Waals surface area contributed by atoms with Gasteiger partial charge in [0.15, 0.2) is 0 Å². The lowest BCUT2D eigenvalue weighted by Crippen LogP contribution is -2.28. The molecule has 13 aromatic rings. The Morgan fingerprint density at radius 1 is 0.296 bits per heavy atom. The number of fused-ring (bicyclic) bond motifs is 8. The van der Waals surface area contributed by atoms with Crippen molar-refractivity contribution >= 4 is 60.4 Å². The number of aromatic nitrogens is 1. The summed E-state index contributed by atoms with van der Waals surface area (Å²) in [5.41, 5.74) is 18.7. The van der Waals surface area contributed by atoms with E-state index in [1.165, 1.54) is 93.5 Å². The van der Waals surface area contributed by atoms with Crippen molar-refractivity contribution < 1.29 is 0 Å². The van der Waals surface area contributed by atoms with E-state index >= 15 is 0 Å². The molecule has 2 nitrogen and oxygen atoms in total. The van der Waals surface area contributed by atoms with Crippen LogP contribution in [0.3, 0.4) is 0 Å². The van der Waals surface area contributed by atoms with E-state index < -0.39 is 5.41 Å². The highest BCUT2D eigenvalue weighted by atomic mass is 15.1. The summed E-state index contributed by atoms with van der Waals surface area (Å²) in [6.45, 7) is 0. The predicted octanol–water partition coefficient (Wildman–Crippen LogP) is 18.3. The van der Waals surface area contributed by atoms with Gasteiger partial charge in [-0.05, 0) is 127 Å². The van der Waals surface area contributed by atoms with Crippen LogP contribution >= 0.6 is 0 Å². The van der Waals surface area contributed by atoms with Crippen LogP contribution in [-0.2, 0) is 5.41 Å². The van der Waals surface area contributed by atoms with E-state index in [0.717, 1.165) is 28.2 Å². The molecule has 0 amide bonds. The van der Waals surface area contributed by atoms with Crippen molar-refractivity contribution in [1.29, 1.82) is 0 Å². The molecule has 0 saturated heterocycles. The minimum atomic E-state index is -0.523. The van der Waals surface area contributed by atoms with Crippen LogP contribution in [0.25, 0.3) is 82.4 Å². The predicted molar refractivity (Wildman–Crippen MR) is 299 cm³/mol. The lowest BCUT2D eigenvalue weighted by atomic mass is 9.67. The van der Waals surface area contributed by atoms with Gasteiger partial charge in [0.25, 0.3) is 0 Å². The summed E-state index contributed by atoms with van der Waals surface area (Å²) >= 11 is 0. The van der Waals surface area contributed by atoms with Gasteiger partial charge in [-0.25, -0.2) is 0 Å². The Morgan fingerprint density at radius 2 is 0.831 bits per heavy atom. The quantitative estimate of drug-likeness (QED) is 0.147. The van der Waals surface area contributed by atoms with Gasteiger partial charge < -0.3 is 9.47 Å². The lowest BCUT2D eigenvalue weighted by molar-refractivity contribution is 0.768. The van der Waals surface area contributed by atoms with Gasteiger partial charge in [0.1, 0.15) is 0 Å². The van der Waals surface area contributed by atoms with Crippen LogP contribution in [0.5, 0.6) is 0 Å². The summed E-state index contributed by atoms with van der Waals surface area (Å²) in [5.74, 6) is 0. The number of rotatable bonds is 8. The second-order valence-electron chi connectivity index (χ2n) is 18.8. The zero-order valence-electron chi connectivity index (χ0n) is 39.0. The van der Waals surface area contributed by atoms with Crippen LogP contribution < -0.4 is 4.90 Å². The Morgan fingerprint density at radius 3 is 1.61 bits per heavy atom. The second-order valence-corrected chi connectivity index (χ2v) is 18.8. The van der Waals surface area contributed by atoms with Gasteiger partial charge in [-0.2, -0.15) is 0 Å². The summed E-state index contributed by atoms with van der Waals surface area (Å²) in [5, 5.41) is 7.36. The largest absolute Gasteiger partial charge is 0.310 e. The first-order valence-corrected chi connectivity index (χ1v) is 24.6. The summed E-state index contributed by atoms with van der Waals surface area (Å²) in [4.78, 5) is 2.47. The number of nitrogens with zero attached hydrogens (tertiary/aromatic N) is 2. The van der Waals surface area contributed by atoms with Crippen LogP contribution in [-0.4, -0.2) is 4.57 Å². The van der Waals surface area contributed by atoms with Crippen LogP contribution in [0.1, 0.15) is 22.3 Å². The molecule has 2 heteroatoms. The number of anilines is 3. The van der Waals surface area contributed by atoms with Gasteiger partial charge >= 0.3 is 0 Å². The molecule has 0 spiro atoms. The third-order valence-corrected chi connectivity index (χ3v) is 15.0. The van der Waals surface area contributed by atoms with E-state index in [9.17, 15) is 0 Å². The highest BCUT2D eigenvalue weighted by molar-refractivity contribution is 6.12. The topological polar surface area (TPSA) is 8.17 Å². The third kappa shape index (κ3) is 6.42. The standard InChI is InChI=1S/C69H46N2/c1-3-26-53(27-4-1)69(54-28-5-2-6-29-54)63-35-13-11-33-59(63)60-41-40-56(46-64(60)69)70(65-37-17-21-47-19-7-9-31-57(47)65)55-30-16-25-51(44-55)49-23-15-24-50(43-49)52-39-42-68-62(45-52)61-34-12-14-36-67(61)71(68)66-38-18-22-48-20-8-10-32-58(48)66/h1-46H. The van der Waals surface area contributed by atoms with Crippen molar-refractivity contribution in [3.05, 3.63) is 301 Å². The fraction of sp³-hybridized carbons (Fsp3) is 0.0145. The Bertz CT molecular complexity index is 4130. The van der Waals surface area contributed by atoms with Crippen LogP contribution in [0.2, 0.25) is 0 Å². The van der Waals surface area contributed by atoms with Crippen molar-refractivity contribution in [1.82, 2.24) is 4.57 Å². The second kappa shape index (κ2) is 16.5. The average molecular weight is 903 g/mol. The van der Waals surface area contributed by atoms with Gasteiger partial charge in [0.2, 0.25) is 0 Å². The van der Waals surface area contributed by atoms with E-state index in [0.29, 0.717) is 0 Å². The molecule has 0 N–H and O–H groups in total. The summed E-state index contributed by atoms with van der Waals surface area (Å²) < 4.78 is 2.43. The Balaban J connectivity index is 0.919. The maximum Gasteiger partial charge on any atom is 0.0714 e. The van der Waals surface area contributed by atoms with E-state index in [-0.39, 0.29) is 0 Å². The minimum Gasteiger partial charge on any atom is -0.310 e. The maximum atomic E-state index is 2.47. The van der Waals surface area contributed by atoms with Crippen LogP contribution in [0, 0.1) is 0 Å². The van der Waals surface area contributed by atoms with Gasteiger partial charge in [-0.1, -0.05) is 218 Å². The fourth-order valence-electron chi connectivity index (χ4n) is 11.9. The monoisotopic (exact) mass is 902 g/mol. The molecule has 0 radical (unpaired) electrons. The van der Waals surface area contributed by atoms with E-state index in [1.807, 2.05) is 0 Å². The summed E-state index contributed by atoms with van der Waals surface area (Å²) in [6.07, 6.45) is 0. The molecule has 1 aliphatic rings. The number of para-hydroxylation sites is 1. The molecule has 332 valence electrons. The van der Waals surface area contributed by atoms with E-state index in [1.54, 1.807) is 0 Å². The highest BCUT2D eigenvalue weighted by Crippen LogP contribution is 2.57. The zero-order valence-corrected chi connectivity index (χ0v) is 39.0. The number of hydrogen-bond donors (Lipinski definition) is 0. The first-order chi connectivity index (χ1) is 35.2. The van der Waals surface area contributed by atoms with Crippen molar-refractivity contribution in [2.75, 3.05) is 4.90 Å². The zero-order chi connectivity index (χ0) is 46.9. The van der Waals surface area contributed by atoms with Crippen molar-refractivity contribution in [3.63, 3.8) is 0 Å². The smallest absolute Gasteiger partial charge is 0.0714 e. The van der Waals surface area contributed by atoms with E-state index in [2.05, 4.69) is 289 Å². The van der Waals surface area contributed by atoms with Crippen molar-refractivity contribution in [2.24, 2.45) is 0 Å². The maximum absolute atomic E-state index is 2.47. The van der Waals surface area contributed by atoms with Crippen molar-refractivity contribution in [3.8, 4) is 39.1 Å². The molecule has 12 aromatic carbocycles. The normalized spacial score (nSPS) is 12.6. The Labute approximate surface area is 413 Å². The first kappa shape index (κ1) is 40.8. The molecular formula is C69H46N2. The molecule has 0 atom stereocenters.